The molecule has 0 amide bonds. The molecular formula is C10H16N2. The molecule has 0 saturated heterocycles. The lowest BCUT2D eigenvalue weighted by Crippen LogP contribution is -2.26. The van der Waals surface area contributed by atoms with Gasteiger partial charge in [0.2, 0.25) is 0 Å². The van der Waals surface area contributed by atoms with Crippen molar-refractivity contribution in [3.8, 4) is 0 Å². The number of hydrogen-bond donors (Lipinski definition) is 0. The van der Waals surface area contributed by atoms with Gasteiger partial charge in [-0.25, -0.2) is 4.99 Å². The fourth-order valence-electron chi connectivity index (χ4n) is 1.19. The Kier molecular flexibility index (Phi) is 2.69. The van der Waals surface area contributed by atoms with Crippen LogP contribution in [-0.2, 0) is 0 Å². The molecule has 66 valence electrons. The summed E-state index contributed by atoms with van der Waals surface area (Å²) < 4.78 is 0. The van der Waals surface area contributed by atoms with E-state index in [1.807, 2.05) is 12.3 Å². The van der Waals surface area contributed by atoms with Crippen molar-refractivity contribution in [3.63, 3.8) is 0 Å². The minimum Gasteiger partial charge on any atom is -0.331 e. The van der Waals surface area contributed by atoms with Crippen LogP contribution in [0.5, 0.6) is 0 Å². The van der Waals surface area contributed by atoms with E-state index in [9.17, 15) is 0 Å². The summed E-state index contributed by atoms with van der Waals surface area (Å²) >= 11 is 0. The normalized spacial score (nSPS) is 16.1. The van der Waals surface area contributed by atoms with E-state index in [4.69, 9.17) is 0 Å². The summed E-state index contributed by atoms with van der Waals surface area (Å²) in [5.74, 6) is 1.08. The number of hydrogen-bond acceptors (Lipinski definition) is 2. The number of nitrogens with zero attached hydrogens (tertiary/aromatic N) is 2. The van der Waals surface area contributed by atoms with Gasteiger partial charge >= 0.3 is 0 Å². The maximum atomic E-state index is 4.33. The van der Waals surface area contributed by atoms with Crippen molar-refractivity contribution < 1.29 is 0 Å². The predicted octanol–water partition coefficient (Wildman–Crippen LogP) is 2.55. The number of allylic oxidation sites excluding steroid dienone is 2. The summed E-state index contributed by atoms with van der Waals surface area (Å²) in [6, 6.07) is 0.476. The van der Waals surface area contributed by atoms with Crippen LogP contribution in [0.15, 0.2) is 28.7 Å². The zero-order valence-corrected chi connectivity index (χ0v) is 8.20. The highest BCUT2D eigenvalue weighted by Gasteiger charge is 2.11. The van der Waals surface area contributed by atoms with Crippen molar-refractivity contribution in [1.29, 1.82) is 0 Å². The van der Waals surface area contributed by atoms with E-state index in [0.717, 1.165) is 5.82 Å². The van der Waals surface area contributed by atoms with Gasteiger partial charge in [0.15, 0.2) is 0 Å². The minimum absolute atomic E-state index is 0.476. The molecular weight excluding hydrogens is 148 g/mol. The maximum absolute atomic E-state index is 4.33. The van der Waals surface area contributed by atoms with Crippen molar-refractivity contribution in [2.24, 2.45) is 4.99 Å². The SMILES string of the molecule is CC(C)=C1N=CC=CN1C(C)C. The van der Waals surface area contributed by atoms with Gasteiger partial charge in [0, 0.05) is 18.5 Å². The second kappa shape index (κ2) is 3.57. The monoisotopic (exact) mass is 164 g/mol. The van der Waals surface area contributed by atoms with Gasteiger partial charge in [0.05, 0.1) is 0 Å². The second-order valence-corrected chi connectivity index (χ2v) is 3.44. The van der Waals surface area contributed by atoms with Crippen molar-refractivity contribution in [1.82, 2.24) is 4.90 Å². The quantitative estimate of drug-likeness (QED) is 0.581. The van der Waals surface area contributed by atoms with Crippen LogP contribution in [0.1, 0.15) is 27.7 Å². The van der Waals surface area contributed by atoms with Crippen LogP contribution < -0.4 is 0 Å². The van der Waals surface area contributed by atoms with Crippen LogP contribution in [0.3, 0.4) is 0 Å². The van der Waals surface area contributed by atoms with Crippen LogP contribution >= 0.6 is 0 Å². The zero-order valence-electron chi connectivity index (χ0n) is 8.20. The summed E-state index contributed by atoms with van der Waals surface area (Å²) in [5, 5.41) is 0. The summed E-state index contributed by atoms with van der Waals surface area (Å²) in [4.78, 5) is 6.50. The summed E-state index contributed by atoms with van der Waals surface area (Å²) in [6.07, 6.45) is 5.87. The molecule has 0 aromatic rings. The fourth-order valence-corrected chi connectivity index (χ4v) is 1.19. The van der Waals surface area contributed by atoms with Gasteiger partial charge in [-0.15, -0.1) is 0 Å². The Morgan fingerprint density at radius 1 is 1.42 bits per heavy atom. The highest BCUT2D eigenvalue weighted by Crippen LogP contribution is 2.17. The molecule has 0 N–H and O–H groups in total. The van der Waals surface area contributed by atoms with Gasteiger partial charge in [-0.05, 0) is 39.3 Å². The van der Waals surface area contributed by atoms with Gasteiger partial charge in [-0.1, -0.05) is 0 Å². The molecule has 0 fully saturated rings. The van der Waals surface area contributed by atoms with E-state index in [1.54, 1.807) is 0 Å². The molecule has 0 bridgehead atoms. The molecule has 1 aliphatic heterocycles. The van der Waals surface area contributed by atoms with Crippen molar-refractivity contribution in [3.05, 3.63) is 23.7 Å². The van der Waals surface area contributed by atoms with Gasteiger partial charge in [-0.3, -0.25) is 0 Å². The Balaban J connectivity index is 2.94. The van der Waals surface area contributed by atoms with Crippen molar-refractivity contribution in [2.45, 2.75) is 33.7 Å². The standard InChI is InChI=1S/C10H16N2/c1-8(2)10-11-6-5-7-12(10)9(3)4/h5-7,9H,1-4H3. The van der Waals surface area contributed by atoms with Crippen LogP contribution in [0, 0.1) is 0 Å². The Morgan fingerprint density at radius 2 is 2.08 bits per heavy atom. The van der Waals surface area contributed by atoms with E-state index < -0.39 is 0 Å². The lowest BCUT2D eigenvalue weighted by molar-refractivity contribution is 0.375. The predicted molar refractivity (Wildman–Crippen MR) is 53.0 cm³/mol. The molecule has 0 saturated carbocycles. The van der Waals surface area contributed by atoms with E-state index in [0.29, 0.717) is 6.04 Å². The van der Waals surface area contributed by atoms with Gasteiger partial charge in [-0.2, -0.15) is 0 Å². The van der Waals surface area contributed by atoms with E-state index >= 15 is 0 Å². The van der Waals surface area contributed by atoms with E-state index in [-0.39, 0.29) is 0 Å². The summed E-state index contributed by atoms with van der Waals surface area (Å²) in [5.41, 5.74) is 1.25. The molecule has 0 radical (unpaired) electrons. The highest BCUT2D eigenvalue weighted by molar-refractivity contribution is 5.73. The molecule has 12 heavy (non-hydrogen) atoms. The number of rotatable bonds is 1. The smallest absolute Gasteiger partial charge is 0.131 e. The average Bonchev–Trinajstić information content (AvgIpc) is 2.04. The molecule has 1 rings (SSSR count). The van der Waals surface area contributed by atoms with Crippen LogP contribution in [0.2, 0.25) is 0 Å². The first-order chi connectivity index (χ1) is 5.63. The fraction of sp³-hybridized carbons (Fsp3) is 0.500. The second-order valence-electron chi connectivity index (χ2n) is 3.44. The Hall–Kier alpha value is -1.05. The van der Waals surface area contributed by atoms with Gasteiger partial charge < -0.3 is 4.90 Å². The molecule has 1 heterocycles. The first kappa shape index (κ1) is 9.04. The number of aliphatic imine (C=N–C) groups is 1. The molecule has 0 aromatic carbocycles. The first-order valence-corrected chi connectivity index (χ1v) is 4.29. The Labute approximate surface area is 74.3 Å². The lowest BCUT2D eigenvalue weighted by atomic mass is 10.2. The first-order valence-electron chi connectivity index (χ1n) is 4.29. The molecule has 0 aromatic heterocycles. The zero-order chi connectivity index (χ0) is 9.14. The highest BCUT2D eigenvalue weighted by atomic mass is 15.2. The van der Waals surface area contributed by atoms with E-state index in [2.05, 4.69) is 43.8 Å². The minimum atomic E-state index is 0.476. The molecule has 0 atom stereocenters. The Morgan fingerprint density at radius 3 is 2.50 bits per heavy atom. The third-order valence-corrected chi connectivity index (χ3v) is 1.78. The van der Waals surface area contributed by atoms with Gasteiger partial charge in [0.1, 0.15) is 5.82 Å². The third-order valence-electron chi connectivity index (χ3n) is 1.78. The Bertz CT molecular complexity index is 243. The summed E-state index contributed by atoms with van der Waals surface area (Å²) in [7, 11) is 0. The van der Waals surface area contributed by atoms with Crippen LogP contribution in [0.25, 0.3) is 0 Å². The lowest BCUT2D eigenvalue weighted by Gasteiger charge is -2.27. The van der Waals surface area contributed by atoms with E-state index in [1.165, 1.54) is 5.57 Å². The molecule has 2 heteroatoms. The largest absolute Gasteiger partial charge is 0.331 e. The van der Waals surface area contributed by atoms with Gasteiger partial charge in [0.25, 0.3) is 0 Å². The van der Waals surface area contributed by atoms with Crippen molar-refractivity contribution in [2.75, 3.05) is 0 Å². The molecule has 0 unspecified atom stereocenters. The molecule has 2 nitrogen and oxygen atoms in total. The molecule has 1 aliphatic rings. The average molecular weight is 164 g/mol. The molecule has 0 spiro atoms. The topological polar surface area (TPSA) is 15.6 Å². The molecule has 0 aliphatic carbocycles. The van der Waals surface area contributed by atoms with Crippen LogP contribution in [-0.4, -0.2) is 17.2 Å². The maximum Gasteiger partial charge on any atom is 0.131 e. The van der Waals surface area contributed by atoms with Crippen molar-refractivity contribution >= 4 is 6.21 Å². The third kappa shape index (κ3) is 1.76. The van der Waals surface area contributed by atoms with Crippen LogP contribution in [0.4, 0.5) is 0 Å². The summed E-state index contributed by atoms with van der Waals surface area (Å²) in [6.45, 7) is 8.49.